The number of benzene rings is 2. The van der Waals surface area contributed by atoms with Crippen molar-refractivity contribution in [3.63, 3.8) is 0 Å². The van der Waals surface area contributed by atoms with Gasteiger partial charge >= 0.3 is 0 Å². The first-order valence-electron chi connectivity index (χ1n) is 11.7. The molecule has 0 unspecified atom stereocenters. The van der Waals surface area contributed by atoms with Crippen molar-refractivity contribution >= 4 is 17.5 Å². The van der Waals surface area contributed by atoms with E-state index in [4.69, 9.17) is 9.72 Å². The topological polar surface area (TPSA) is 49.1 Å². The smallest absolute Gasteiger partial charge is 0.175 e. The van der Waals surface area contributed by atoms with Gasteiger partial charge in [-0.25, -0.2) is 4.98 Å². The summed E-state index contributed by atoms with van der Waals surface area (Å²) in [4.78, 5) is 18.3. The first kappa shape index (κ1) is 22.5. The van der Waals surface area contributed by atoms with Gasteiger partial charge in [-0.15, -0.1) is 0 Å². The fourth-order valence-corrected chi connectivity index (χ4v) is 5.77. The summed E-state index contributed by atoms with van der Waals surface area (Å²) in [5, 5.41) is 0.912. The molecule has 34 heavy (non-hydrogen) atoms. The Kier molecular flexibility index (Phi) is 6.33. The summed E-state index contributed by atoms with van der Waals surface area (Å²) in [7, 11) is 1.66. The second kappa shape index (κ2) is 9.55. The van der Waals surface area contributed by atoms with E-state index in [0.29, 0.717) is 5.75 Å². The third kappa shape index (κ3) is 4.18. The van der Waals surface area contributed by atoms with Crippen LogP contribution in [0.4, 0.5) is 0 Å². The molecule has 0 fully saturated rings. The zero-order valence-corrected chi connectivity index (χ0v) is 20.7. The Bertz CT molecular complexity index is 1320. The molecular weight excluding hydrogens is 442 g/mol. The van der Waals surface area contributed by atoms with Gasteiger partial charge in [-0.1, -0.05) is 30.0 Å². The fourth-order valence-electron chi connectivity index (χ4n) is 4.84. The molecule has 0 amide bonds. The first-order chi connectivity index (χ1) is 16.6. The zero-order chi connectivity index (χ0) is 23.7. The Hall–Kier alpha value is -3.25. The molecule has 0 radical (unpaired) electrons. The lowest BCUT2D eigenvalue weighted by Gasteiger charge is -2.15. The van der Waals surface area contributed by atoms with Gasteiger partial charge in [-0.2, -0.15) is 0 Å². The normalized spacial score (nSPS) is 13.0. The van der Waals surface area contributed by atoms with Crippen LogP contribution in [0.5, 0.6) is 5.75 Å². The van der Waals surface area contributed by atoms with Crippen molar-refractivity contribution in [3.05, 3.63) is 89.0 Å². The molecule has 4 aromatic rings. The Morgan fingerprint density at radius 1 is 0.971 bits per heavy atom. The Balaban J connectivity index is 1.41. The monoisotopic (exact) mass is 471 g/mol. The molecule has 0 spiro atoms. The number of imidazole rings is 1. The number of ether oxygens (including phenoxy) is 1. The number of carbonyl (C=O) groups is 1. The van der Waals surface area contributed by atoms with E-state index in [9.17, 15) is 4.79 Å². The number of aromatic nitrogens is 3. The molecule has 5 rings (SSSR count). The predicted octanol–water partition coefficient (Wildman–Crippen LogP) is 6.14. The molecule has 2 heterocycles. The van der Waals surface area contributed by atoms with Crippen molar-refractivity contribution in [2.45, 2.75) is 44.7 Å². The maximum absolute atomic E-state index is 13.3. The van der Waals surface area contributed by atoms with Gasteiger partial charge < -0.3 is 9.30 Å². The molecule has 0 N–H and O–H groups in total. The average Bonchev–Trinajstić information content (AvgIpc) is 3.39. The minimum absolute atomic E-state index is 0.124. The summed E-state index contributed by atoms with van der Waals surface area (Å²) in [6, 6.07) is 20.3. The highest BCUT2D eigenvalue weighted by atomic mass is 32.2. The van der Waals surface area contributed by atoms with Gasteiger partial charge in [0.15, 0.2) is 10.9 Å². The second-order valence-electron chi connectivity index (χ2n) is 8.70. The van der Waals surface area contributed by atoms with Gasteiger partial charge in [0.1, 0.15) is 5.75 Å². The van der Waals surface area contributed by atoms with Crippen LogP contribution in [-0.4, -0.2) is 32.8 Å². The van der Waals surface area contributed by atoms with E-state index in [2.05, 4.69) is 33.4 Å². The van der Waals surface area contributed by atoms with Crippen molar-refractivity contribution in [1.29, 1.82) is 0 Å². The highest BCUT2D eigenvalue weighted by Crippen LogP contribution is 2.31. The lowest BCUT2D eigenvalue weighted by Crippen LogP contribution is -2.09. The maximum atomic E-state index is 13.3. The minimum Gasteiger partial charge on any atom is -0.497 e. The molecule has 2 aromatic carbocycles. The number of hydrogen-bond acceptors (Lipinski definition) is 4. The molecule has 0 bridgehead atoms. The van der Waals surface area contributed by atoms with Crippen molar-refractivity contribution in [1.82, 2.24) is 14.1 Å². The molecule has 174 valence electrons. The SMILES string of the molecule is COc1ccc(-n2c(C)cc(C(=O)CSc3nc4c(n3-c3ccccc3)CCCC4)c2C)cc1. The average molecular weight is 472 g/mol. The minimum atomic E-state index is 0.124. The number of ketones is 1. The summed E-state index contributed by atoms with van der Waals surface area (Å²) < 4.78 is 9.66. The number of rotatable bonds is 7. The number of hydrogen-bond donors (Lipinski definition) is 0. The molecule has 0 saturated heterocycles. The number of methoxy groups -OCH3 is 1. The van der Waals surface area contributed by atoms with Crippen LogP contribution in [0.1, 0.15) is 46.0 Å². The van der Waals surface area contributed by atoms with Crippen LogP contribution in [0.2, 0.25) is 0 Å². The zero-order valence-electron chi connectivity index (χ0n) is 19.9. The lowest BCUT2D eigenvalue weighted by atomic mass is 10.0. The Morgan fingerprint density at radius 3 is 2.41 bits per heavy atom. The number of para-hydroxylation sites is 1. The van der Waals surface area contributed by atoms with E-state index in [1.54, 1.807) is 7.11 Å². The highest BCUT2D eigenvalue weighted by Gasteiger charge is 2.23. The highest BCUT2D eigenvalue weighted by molar-refractivity contribution is 7.99. The number of thioether (sulfide) groups is 1. The van der Waals surface area contributed by atoms with Crippen LogP contribution >= 0.6 is 11.8 Å². The van der Waals surface area contributed by atoms with E-state index < -0.39 is 0 Å². The molecule has 1 aliphatic carbocycles. The quantitative estimate of drug-likeness (QED) is 0.240. The van der Waals surface area contributed by atoms with Gasteiger partial charge in [0.25, 0.3) is 0 Å². The van der Waals surface area contributed by atoms with Crippen molar-refractivity contribution in [2.24, 2.45) is 0 Å². The fraction of sp³-hybridized carbons (Fsp3) is 0.286. The molecule has 2 aromatic heterocycles. The van der Waals surface area contributed by atoms with Crippen LogP contribution in [0.3, 0.4) is 0 Å². The van der Waals surface area contributed by atoms with Crippen LogP contribution in [0, 0.1) is 13.8 Å². The molecular formula is C28H29N3O2S. The van der Waals surface area contributed by atoms with Crippen LogP contribution < -0.4 is 4.74 Å². The lowest BCUT2D eigenvalue weighted by molar-refractivity contribution is 0.102. The number of aryl methyl sites for hydroxylation is 2. The number of Topliss-reactive ketones (excluding diaryl/α,β-unsaturated/α-hetero) is 1. The first-order valence-corrected chi connectivity index (χ1v) is 12.7. The Morgan fingerprint density at radius 2 is 1.68 bits per heavy atom. The van der Waals surface area contributed by atoms with Crippen molar-refractivity contribution < 1.29 is 9.53 Å². The molecule has 5 nitrogen and oxygen atoms in total. The molecule has 0 atom stereocenters. The number of fused-ring (bicyclic) bond motifs is 1. The van der Waals surface area contributed by atoms with E-state index in [0.717, 1.165) is 52.1 Å². The molecule has 0 aliphatic heterocycles. The second-order valence-corrected chi connectivity index (χ2v) is 9.64. The van der Waals surface area contributed by atoms with Crippen LogP contribution in [0.25, 0.3) is 11.4 Å². The van der Waals surface area contributed by atoms with Crippen molar-refractivity contribution in [2.75, 3.05) is 12.9 Å². The van der Waals surface area contributed by atoms with Crippen molar-refractivity contribution in [3.8, 4) is 17.1 Å². The van der Waals surface area contributed by atoms with Crippen LogP contribution in [0.15, 0.2) is 65.8 Å². The number of carbonyl (C=O) groups excluding carboxylic acids is 1. The van der Waals surface area contributed by atoms with Gasteiger partial charge in [-0.05, 0) is 82.0 Å². The van der Waals surface area contributed by atoms with E-state index >= 15 is 0 Å². The molecule has 0 saturated carbocycles. The van der Waals surface area contributed by atoms with Crippen LogP contribution in [-0.2, 0) is 12.8 Å². The van der Waals surface area contributed by atoms with Gasteiger partial charge in [0.05, 0.1) is 18.6 Å². The van der Waals surface area contributed by atoms with Gasteiger partial charge in [0.2, 0.25) is 0 Å². The maximum Gasteiger partial charge on any atom is 0.175 e. The van der Waals surface area contributed by atoms with E-state index in [1.807, 2.05) is 50.2 Å². The van der Waals surface area contributed by atoms with E-state index in [1.165, 1.54) is 36.0 Å². The number of nitrogens with zero attached hydrogens (tertiary/aromatic N) is 3. The van der Waals surface area contributed by atoms with Gasteiger partial charge in [-0.3, -0.25) is 9.36 Å². The molecule has 1 aliphatic rings. The van der Waals surface area contributed by atoms with E-state index in [-0.39, 0.29) is 5.78 Å². The van der Waals surface area contributed by atoms with Gasteiger partial charge in [0, 0.05) is 34.0 Å². The largest absolute Gasteiger partial charge is 0.497 e. The Labute approximate surface area is 204 Å². The third-order valence-electron chi connectivity index (χ3n) is 6.51. The summed E-state index contributed by atoms with van der Waals surface area (Å²) in [5.41, 5.74) is 7.38. The predicted molar refractivity (Wildman–Crippen MR) is 137 cm³/mol. The summed E-state index contributed by atoms with van der Waals surface area (Å²) in [6.07, 6.45) is 4.42. The third-order valence-corrected chi connectivity index (χ3v) is 7.45. The standard InChI is InChI=1S/C28H29N3O2S/c1-19-17-24(20(2)30(19)22-13-15-23(33-3)16-14-22)27(32)18-34-28-29-25-11-7-8-12-26(25)31(28)21-9-5-4-6-10-21/h4-6,9-10,13-17H,7-8,11-12,18H2,1-3H3. The molecule has 6 heteroatoms. The summed E-state index contributed by atoms with van der Waals surface area (Å²) >= 11 is 1.54. The summed E-state index contributed by atoms with van der Waals surface area (Å²) in [6.45, 7) is 4.05. The summed E-state index contributed by atoms with van der Waals surface area (Å²) in [5.74, 6) is 1.30.